The number of carbonyl (C=O) groups is 3. The van der Waals surface area contributed by atoms with Crippen molar-refractivity contribution in [1.29, 1.82) is 0 Å². The van der Waals surface area contributed by atoms with Crippen molar-refractivity contribution in [3.8, 4) is 5.69 Å². The van der Waals surface area contributed by atoms with Gasteiger partial charge in [-0.2, -0.15) is 0 Å². The Bertz CT molecular complexity index is 1000. The smallest absolute Gasteiger partial charge is 0.343 e. The van der Waals surface area contributed by atoms with Crippen LogP contribution in [-0.4, -0.2) is 53.8 Å². The van der Waals surface area contributed by atoms with E-state index < -0.39 is 5.97 Å². The first kappa shape index (κ1) is 24.1. The van der Waals surface area contributed by atoms with Crippen LogP contribution < -0.4 is 4.90 Å². The molecule has 2 aromatic rings. The van der Waals surface area contributed by atoms with Crippen LogP contribution in [0, 0.1) is 11.8 Å². The molecule has 34 heavy (non-hydrogen) atoms. The third-order valence-corrected chi connectivity index (χ3v) is 6.87. The highest BCUT2D eigenvalue weighted by atomic mass is 16.5. The second kappa shape index (κ2) is 11.0. The van der Waals surface area contributed by atoms with Gasteiger partial charge in [-0.3, -0.25) is 14.5 Å². The normalized spacial score (nSPS) is 21.1. The highest BCUT2D eigenvalue weighted by Gasteiger charge is 2.37. The van der Waals surface area contributed by atoms with Crippen LogP contribution in [0.3, 0.4) is 0 Å². The van der Waals surface area contributed by atoms with Gasteiger partial charge in [-0.25, -0.2) is 9.48 Å². The Morgan fingerprint density at radius 1 is 1.12 bits per heavy atom. The lowest BCUT2D eigenvalue weighted by Gasteiger charge is -2.37. The van der Waals surface area contributed by atoms with Gasteiger partial charge in [0.2, 0.25) is 5.91 Å². The second-order valence-electron chi connectivity index (χ2n) is 9.25. The minimum Gasteiger partial charge on any atom is -0.462 e. The molecule has 0 bridgehead atoms. The fourth-order valence-electron chi connectivity index (χ4n) is 4.84. The molecule has 0 unspecified atom stereocenters. The Morgan fingerprint density at radius 3 is 2.41 bits per heavy atom. The topological polar surface area (TPSA) is 90.7 Å². The molecule has 1 aromatic heterocycles. The average molecular weight is 468 g/mol. The summed E-state index contributed by atoms with van der Waals surface area (Å²) in [5, 5.41) is 4.74. The van der Waals surface area contributed by atoms with Gasteiger partial charge in [0.1, 0.15) is 11.8 Å². The Labute approximate surface area is 200 Å². The number of anilines is 1. The molecule has 0 atom stereocenters. The van der Waals surface area contributed by atoms with Crippen LogP contribution in [0.4, 0.5) is 5.82 Å². The van der Waals surface area contributed by atoms with Crippen LogP contribution in [0.1, 0.15) is 73.1 Å². The van der Waals surface area contributed by atoms with E-state index in [-0.39, 0.29) is 30.0 Å². The van der Waals surface area contributed by atoms with Crippen molar-refractivity contribution in [3.05, 3.63) is 41.6 Å². The summed E-state index contributed by atoms with van der Waals surface area (Å²) in [6.07, 6.45) is 7.53. The molecule has 0 spiro atoms. The van der Waals surface area contributed by atoms with Crippen LogP contribution in [0.25, 0.3) is 5.69 Å². The van der Waals surface area contributed by atoms with Gasteiger partial charge in [0.15, 0.2) is 5.82 Å². The zero-order valence-corrected chi connectivity index (χ0v) is 19.9. The number of hydrogen-bond donors (Lipinski definition) is 0. The largest absolute Gasteiger partial charge is 0.462 e. The van der Waals surface area contributed by atoms with Crippen molar-refractivity contribution in [2.45, 2.75) is 58.4 Å². The van der Waals surface area contributed by atoms with Crippen molar-refractivity contribution in [3.63, 3.8) is 0 Å². The van der Waals surface area contributed by atoms with Gasteiger partial charge in [0.05, 0.1) is 12.3 Å². The molecule has 0 radical (unpaired) electrons. The summed E-state index contributed by atoms with van der Waals surface area (Å²) in [7, 11) is 0. The number of benzene rings is 1. The predicted octanol–water partition coefficient (Wildman–Crippen LogP) is 4.20. The highest BCUT2D eigenvalue weighted by molar-refractivity contribution is 6.02. The minimum absolute atomic E-state index is 0.0332. The van der Waals surface area contributed by atoms with Crippen LogP contribution in [0.15, 0.2) is 30.5 Å². The maximum Gasteiger partial charge on any atom is 0.343 e. The lowest BCUT2D eigenvalue weighted by atomic mass is 9.82. The Hall–Kier alpha value is -3.00. The number of carbonyl (C=O) groups excluding carboxylic acids is 3. The van der Waals surface area contributed by atoms with E-state index in [0.717, 1.165) is 32.0 Å². The van der Waals surface area contributed by atoms with Gasteiger partial charge >= 0.3 is 5.97 Å². The molecule has 4 rings (SSSR count). The van der Waals surface area contributed by atoms with E-state index >= 15 is 0 Å². The van der Waals surface area contributed by atoms with Crippen LogP contribution >= 0.6 is 0 Å². The van der Waals surface area contributed by atoms with Gasteiger partial charge in [-0.15, -0.1) is 5.10 Å². The van der Waals surface area contributed by atoms with E-state index in [0.29, 0.717) is 49.0 Å². The van der Waals surface area contributed by atoms with Gasteiger partial charge in [0, 0.05) is 36.9 Å². The van der Waals surface area contributed by atoms with E-state index in [4.69, 9.17) is 14.6 Å². The van der Waals surface area contributed by atoms with Crippen LogP contribution in [-0.2, 0) is 14.3 Å². The summed E-state index contributed by atoms with van der Waals surface area (Å²) >= 11 is 0. The first-order valence-electron chi connectivity index (χ1n) is 12.2. The molecule has 2 fully saturated rings. The highest BCUT2D eigenvalue weighted by Crippen LogP contribution is 2.34. The van der Waals surface area contributed by atoms with E-state index in [9.17, 15) is 14.4 Å². The molecule has 1 saturated carbocycles. The Balaban J connectivity index is 1.76. The van der Waals surface area contributed by atoms with Gasteiger partial charge in [-0.05, 0) is 75.6 Å². The first-order valence-corrected chi connectivity index (χ1v) is 12.2. The molecule has 1 saturated heterocycles. The third-order valence-electron chi connectivity index (χ3n) is 6.87. The summed E-state index contributed by atoms with van der Waals surface area (Å²) in [5.74, 6) is 0.421. The van der Waals surface area contributed by atoms with Crippen LogP contribution in [0.2, 0.25) is 0 Å². The molecule has 1 amide bonds. The summed E-state index contributed by atoms with van der Waals surface area (Å²) in [5.41, 5.74) is 1.51. The van der Waals surface area contributed by atoms with E-state index in [1.807, 2.05) is 0 Å². The molecular weight excluding hydrogens is 434 g/mol. The third kappa shape index (κ3) is 5.22. The van der Waals surface area contributed by atoms with Crippen LogP contribution in [0.5, 0.6) is 0 Å². The number of aldehydes is 1. The summed E-state index contributed by atoms with van der Waals surface area (Å²) in [6, 6.07) is 6.82. The van der Waals surface area contributed by atoms with Crippen molar-refractivity contribution in [2.24, 2.45) is 11.8 Å². The molecule has 8 heteroatoms. The average Bonchev–Trinajstić information content (AvgIpc) is 3.30. The zero-order chi connectivity index (χ0) is 24.1. The number of hydrogen-bond acceptors (Lipinski definition) is 6. The Kier molecular flexibility index (Phi) is 7.77. The summed E-state index contributed by atoms with van der Waals surface area (Å²) in [6.45, 7) is 5.35. The molecule has 2 aliphatic rings. The molecular formula is C26H33N3O5. The number of nitrogens with zero attached hydrogens (tertiary/aromatic N) is 3. The second-order valence-corrected chi connectivity index (χ2v) is 9.25. The molecule has 8 nitrogen and oxygen atoms in total. The maximum atomic E-state index is 13.9. The molecule has 1 aliphatic heterocycles. The van der Waals surface area contributed by atoms with Gasteiger partial charge in [0.25, 0.3) is 0 Å². The maximum absolute atomic E-state index is 13.9. The number of ether oxygens (including phenoxy) is 2. The fourth-order valence-corrected chi connectivity index (χ4v) is 4.84. The number of esters is 1. The van der Waals surface area contributed by atoms with Gasteiger partial charge < -0.3 is 9.47 Å². The van der Waals surface area contributed by atoms with Crippen molar-refractivity contribution < 1.29 is 23.9 Å². The lowest BCUT2D eigenvalue weighted by molar-refractivity contribution is -0.124. The van der Waals surface area contributed by atoms with Crippen molar-refractivity contribution in [1.82, 2.24) is 9.78 Å². The molecule has 1 aromatic carbocycles. The standard InChI is InChI=1S/C26H33N3O5/c1-3-34-26(32)23-16-28(21-10-6-19(17-30)7-11-21)27-24(23)29(22-12-14-33-15-13-22)25(31)20-8-4-18(2)5-9-20/h6-7,10-11,16-18,20,22H,3-5,8-9,12-15H2,1-2H3/t18-,20-. The van der Waals surface area contributed by atoms with E-state index in [1.165, 1.54) is 0 Å². The molecule has 0 N–H and O–H groups in total. The van der Waals surface area contributed by atoms with Crippen molar-refractivity contribution in [2.75, 3.05) is 24.7 Å². The number of aromatic nitrogens is 2. The molecule has 2 heterocycles. The lowest BCUT2D eigenvalue weighted by Crippen LogP contribution is -2.47. The number of rotatable bonds is 7. The van der Waals surface area contributed by atoms with E-state index in [2.05, 4.69) is 6.92 Å². The van der Waals surface area contributed by atoms with Gasteiger partial charge in [-0.1, -0.05) is 6.92 Å². The monoisotopic (exact) mass is 467 g/mol. The zero-order valence-electron chi connectivity index (χ0n) is 19.9. The SMILES string of the molecule is CCOC(=O)c1cn(-c2ccc(C=O)cc2)nc1N(C(=O)[C@H]1CC[C@H](C)CC1)C1CCOCC1. The molecule has 182 valence electrons. The Morgan fingerprint density at radius 2 is 1.79 bits per heavy atom. The first-order chi connectivity index (χ1) is 16.5. The predicted molar refractivity (Wildman–Crippen MR) is 127 cm³/mol. The quantitative estimate of drug-likeness (QED) is 0.448. The number of amides is 1. The minimum atomic E-state index is -0.504. The molecule has 1 aliphatic carbocycles. The summed E-state index contributed by atoms with van der Waals surface area (Å²) < 4.78 is 12.5. The van der Waals surface area contributed by atoms with Crippen molar-refractivity contribution >= 4 is 24.0 Å². The fraction of sp³-hybridized carbons (Fsp3) is 0.538. The van der Waals surface area contributed by atoms with E-state index in [1.54, 1.807) is 47.0 Å². The summed E-state index contributed by atoms with van der Waals surface area (Å²) in [4.78, 5) is 39.7.